The quantitative estimate of drug-likeness (QED) is 0.620. The minimum Gasteiger partial charge on any atom is -0.413 e. The second-order valence-corrected chi connectivity index (χ2v) is 9.71. The normalized spacial score (nSPS) is 12.8. The third kappa shape index (κ3) is 4.43. The van der Waals surface area contributed by atoms with Gasteiger partial charge in [0.05, 0.1) is 6.61 Å². The molecule has 2 heteroatoms. The van der Waals surface area contributed by atoms with Crippen LogP contribution in [0.2, 0.25) is 18.1 Å². The molecule has 0 N–H and O–H groups in total. The molecule has 0 saturated heterocycles. The van der Waals surface area contributed by atoms with E-state index < -0.39 is 8.32 Å². The second-order valence-electron chi connectivity index (χ2n) is 4.93. The van der Waals surface area contributed by atoms with E-state index in [9.17, 15) is 0 Å². The zero-order chi connectivity index (χ0) is 13.4. The van der Waals surface area contributed by atoms with Gasteiger partial charge in [0, 0.05) is 0 Å². The first-order chi connectivity index (χ1) is 8.65. The van der Waals surface area contributed by atoms with Crippen molar-refractivity contribution in [2.24, 2.45) is 0 Å². The number of rotatable bonds is 7. The van der Waals surface area contributed by atoms with E-state index in [1.54, 1.807) is 0 Å². The van der Waals surface area contributed by atoms with Crippen LogP contribution in [0.5, 0.6) is 0 Å². The lowest BCUT2D eigenvalue weighted by molar-refractivity contribution is 0.333. The van der Waals surface area contributed by atoms with Crippen LogP contribution in [0.1, 0.15) is 33.3 Å². The maximum Gasteiger partial charge on any atom is 0.192 e. The first kappa shape index (κ1) is 15.2. The van der Waals surface area contributed by atoms with Crippen molar-refractivity contribution < 1.29 is 4.43 Å². The molecule has 100 valence electrons. The minimum atomic E-state index is -1.44. The summed E-state index contributed by atoms with van der Waals surface area (Å²) in [4.78, 5) is 0. The van der Waals surface area contributed by atoms with Crippen molar-refractivity contribution in [3.05, 3.63) is 41.5 Å². The molecule has 0 amide bonds. The van der Waals surface area contributed by atoms with Crippen molar-refractivity contribution in [1.82, 2.24) is 0 Å². The maximum atomic E-state index is 6.28. The van der Waals surface area contributed by atoms with Gasteiger partial charge in [0.2, 0.25) is 0 Å². The second kappa shape index (κ2) is 7.55. The van der Waals surface area contributed by atoms with Gasteiger partial charge < -0.3 is 4.43 Å². The molecule has 0 heterocycles. The van der Waals surface area contributed by atoms with Crippen molar-refractivity contribution in [3.8, 4) is 0 Å². The van der Waals surface area contributed by atoms with E-state index in [2.05, 4.69) is 58.0 Å². The van der Waals surface area contributed by atoms with Crippen LogP contribution in [0.15, 0.2) is 35.9 Å². The lowest BCUT2D eigenvalue weighted by Gasteiger charge is -2.28. The molecule has 0 unspecified atom stereocenters. The van der Waals surface area contributed by atoms with Gasteiger partial charge in [-0.2, -0.15) is 0 Å². The first-order valence-electron chi connectivity index (χ1n) is 7.02. The average molecular weight is 262 g/mol. The molecule has 0 atom stereocenters. The minimum absolute atomic E-state index is 0.788. The van der Waals surface area contributed by atoms with Crippen molar-refractivity contribution in [2.75, 3.05) is 6.61 Å². The lowest BCUT2D eigenvalue weighted by Crippen LogP contribution is -2.36. The van der Waals surface area contributed by atoms with Gasteiger partial charge in [-0.25, -0.2) is 0 Å². The van der Waals surface area contributed by atoms with E-state index in [1.165, 1.54) is 29.3 Å². The van der Waals surface area contributed by atoms with E-state index in [1.807, 2.05) is 6.07 Å². The van der Waals surface area contributed by atoms with Gasteiger partial charge >= 0.3 is 0 Å². The van der Waals surface area contributed by atoms with E-state index in [0.29, 0.717) is 0 Å². The molecule has 18 heavy (non-hydrogen) atoms. The summed E-state index contributed by atoms with van der Waals surface area (Å²) in [6.07, 6.45) is 2.22. The van der Waals surface area contributed by atoms with Gasteiger partial charge in [0.15, 0.2) is 8.32 Å². The van der Waals surface area contributed by atoms with Gasteiger partial charge in [-0.15, -0.1) is 0 Å². The van der Waals surface area contributed by atoms with Crippen molar-refractivity contribution in [2.45, 2.75) is 45.8 Å². The monoisotopic (exact) mass is 262 g/mol. The summed E-state index contributed by atoms with van der Waals surface area (Å²) in [7, 11) is -1.44. The Balaban J connectivity index is 2.60. The van der Waals surface area contributed by atoms with E-state index in [0.717, 1.165) is 6.61 Å². The smallest absolute Gasteiger partial charge is 0.192 e. The van der Waals surface area contributed by atoms with Crippen LogP contribution in [-0.4, -0.2) is 14.9 Å². The Morgan fingerprint density at radius 3 is 2.11 bits per heavy atom. The standard InChI is InChI=1S/C16H26OSi/c1-5-18(6-2,7-3)17-14-15(4)13-16-11-9-8-10-12-16/h8-13H,5-7,14H2,1-4H3/b15-13+. The highest BCUT2D eigenvalue weighted by molar-refractivity contribution is 6.73. The highest BCUT2D eigenvalue weighted by Crippen LogP contribution is 2.22. The molecule has 0 aliphatic heterocycles. The summed E-state index contributed by atoms with van der Waals surface area (Å²) in [6.45, 7) is 9.77. The zero-order valence-electron chi connectivity index (χ0n) is 12.2. The van der Waals surface area contributed by atoms with Crippen LogP contribution >= 0.6 is 0 Å². The fourth-order valence-corrected chi connectivity index (χ4v) is 4.84. The Morgan fingerprint density at radius 1 is 1.06 bits per heavy atom. The van der Waals surface area contributed by atoms with Gasteiger partial charge in [-0.05, 0) is 36.2 Å². The van der Waals surface area contributed by atoms with Crippen LogP contribution in [0.4, 0.5) is 0 Å². The fourth-order valence-electron chi connectivity index (χ4n) is 2.20. The Bertz CT molecular complexity index is 358. The molecule has 1 aromatic carbocycles. The lowest BCUT2D eigenvalue weighted by atomic mass is 10.1. The van der Waals surface area contributed by atoms with Crippen LogP contribution in [0, 0.1) is 0 Å². The summed E-state index contributed by atoms with van der Waals surface area (Å²) in [5.74, 6) is 0. The molecular weight excluding hydrogens is 236 g/mol. The van der Waals surface area contributed by atoms with Gasteiger partial charge in [-0.1, -0.05) is 57.2 Å². The fraction of sp³-hybridized carbons (Fsp3) is 0.500. The van der Waals surface area contributed by atoms with Crippen LogP contribution < -0.4 is 0 Å². The summed E-state index contributed by atoms with van der Waals surface area (Å²) >= 11 is 0. The molecular formula is C16H26OSi. The van der Waals surface area contributed by atoms with Crippen molar-refractivity contribution >= 4 is 14.4 Å². The highest BCUT2D eigenvalue weighted by atomic mass is 28.4. The van der Waals surface area contributed by atoms with Gasteiger partial charge in [-0.3, -0.25) is 0 Å². The Labute approximate surface area is 113 Å². The van der Waals surface area contributed by atoms with E-state index >= 15 is 0 Å². The number of benzene rings is 1. The first-order valence-corrected chi connectivity index (χ1v) is 9.55. The maximum absolute atomic E-state index is 6.28. The Kier molecular flexibility index (Phi) is 6.37. The average Bonchev–Trinajstić information content (AvgIpc) is 2.42. The molecule has 1 nitrogen and oxygen atoms in total. The third-order valence-electron chi connectivity index (χ3n) is 3.75. The third-order valence-corrected chi connectivity index (χ3v) is 8.37. The van der Waals surface area contributed by atoms with Crippen LogP contribution in [0.25, 0.3) is 6.08 Å². The van der Waals surface area contributed by atoms with Crippen molar-refractivity contribution in [3.63, 3.8) is 0 Å². The van der Waals surface area contributed by atoms with Crippen molar-refractivity contribution in [1.29, 1.82) is 0 Å². The molecule has 0 aliphatic carbocycles. The van der Waals surface area contributed by atoms with E-state index in [-0.39, 0.29) is 0 Å². The largest absolute Gasteiger partial charge is 0.413 e. The van der Waals surface area contributed by atoms with Gasteiger partial charge in [0.25, 0.3) is 0 Å². The van der Waals surface area contributed by atoms with Gasteiger partial charge in [0.1, 0.15) is 0 Å². The summed E-state index contributed by atoms with van der Waals surface area (Å²) in [5.41, 5.74) is 2.57. The number of hydrogen-bond acceptors (Lipinski definition) is 1. The molecule has 0 spiro atoms. The molecule has 1 rings (SSSR count). The summed E-state index contributed by atoms with van der Waals surface area (Å²) in [6, 6.07) is 14.1. The molecule has 0 bridgehead atoms. The summed E-state index contributed by atoms with van der Waals surface area (Å²) < 4.78 is 6.28. The number of hydrogen-bond donors (Lipinski definition) is 0. The molecule has 0 saturated carbocycles. The zero-order valence-corrected chi connectivity index (χ0v) is 13.2. The van der Waals surface area contributed by atoms with Crippen LogP contribution in [-0.2, 0) is 4.43 Å². The molecule has 0 radical (unpaired) electrons. The summed E-state index contributed by atoms with van der Waals surface area (Å²) in [5, 5.41) is 0. The van der Waals surface area contributed by atoms with Crippen LogP contribution in [0.3, 0.4) is 0 Å². The predicted molar refractivity (Wildman–Crippen MR) is 83.2 cm³/mol. The molecule has 0 fully saturated rings. The predicted octanol–water partition coefficient (Wildman–Crippen LogP) is 5.11. The molecule has 0 aliphatic rings. The SMILES string of the molecule is CC[Si](CC)(CC)OC/C(C)=C/c1ccccc1. The molecule has 0 aromatic heterocycles. The topological polar surface area (TPSA) is 9.23 Å². The van der Waals surface area contributed by atoms with E-state index in [4.69, 9.17) is 4.43 Å². The Morgan fingerprint density at radius 2 is 1.61 bits per heavy atom. The Hall–Kier alpha value is -0.863. The highest BCUT2D eigenvalue weighted by Gasteiger charge is 2.28. The molecule has 1 aromatic rings.